The van der Waals surface area contributed by atoms with Gasteiger partial charge in [-0.15, -0.1) is 0 Å². The number of hydrogen-bond acceptors (Lipinski definition) is 3. The average molecular weight is 283 g/mol. The number of carboxylic acid groups (broad SMARTS) is 1. The molecule has 0 amide bonds. The number of piperidine rings is 1. The Balaban J connectivity index is 2.43. The molecule has 1 fully saturated rings. The minimum atomic E-state index is -3.73. The Bertz CT molecular complexity index is 582. The lowest BCUT2D eigenvalue weighted by Gasteiger charge is -2.32. The summed E-state index contributed by atoms with van der Waals surface area (Å²) in [7, 11) is -3.73. The van der Waals surface area contributed by atoms with Gasteiger partial charge in [0.2, 0.25) is 10.0 Å². The van der Waals surface area contributed by atoms with Crippen molar-refractivity contribution in [2.24, 2.45) is 0 Å². The maximum absolute atomic E-state index is 12.6. The molecule has 0 spiro atoms. The van der Waals surface area contributed by atoms with Gasteiger partial charge in [-0.05, 0) is 37.8 Å². The largest absolute Gasteiger partial charge is 0.480 e. The molecule has 104 valence electrons. The van der Waals surface area contributed by atoms with E-state index in [0.29, 0.717) is 18.4 Å². The molecule has 19 heavy (non-hydrogen) atoms. The number of carbonyl (C=O) groups is 1. The van der Waals surface area contributed by atoms with Gasteiger partial charge in [-0.2, -0.15) is 4.31 Å². The highest BCUT2D eigenvalue weighted by Gasteiger charge is 2.37. The Hall–Kier alpha value is -1.40. The summed E-state index contributed by atoms with van der Waals surface area (Å²) < 4.78 is 26.3. The first kappa shape index (κ1) is 14.0. The molecule has 0 radical (unpaired) electrons. The third kappa shape index (κ3) is 2.64. The van der Waals surface area contributed by atoms with Crippen molar-refractivity contribution in [3.8, 4) is 0 Å². The fourth-order valence-electron chi connectivity index (χ4n) is 2.41. The van der Waals surface area contributed by atoms with Crippen LogP contribution in [0.25, 0.3) is 0 Å². The first-order valence-electron chi connectivity index (χ1n) is 6.25. The number of rotatable bonds is 3. The lowest BCUT2D eigenvalue weighted by atomic mass is 10.1. The molecule has 0 aromatic heterocycles. The summed E-state index contributed by atoms with van der Waals surface area (Å²) >= 11 is 0. The van der Waals surface area contributed by atoms with E-state index in [-0.39, 0.29) is 11.4 Å². The highest BCUT2D eigenvalue weighted by atomic mass is 32.2. The smallest absolute Gasteiger partial charge is 0.322 e. The molecular weight excluding hydrogens is 266 g/mol. The second-order valence-electron chi connectivity index (χ2n) is 4.73. The van der Waals surface area contributed by atoms with Gasteiger partial charge in [-0.1, -0.05) is 18.2 Å². The lowest BCUT2D eigenvalue weighted by Crippen LogP contribution is -2.47. The Morgan fingerprint density at radius 3 is 2.63 bits per heavy atom. The summed E-state index contributed by atoms with van der Waals surface area (Å²) in [5, 5.41) is 9.18. The quantitative estimate of drug-likeness (QED) is 0.914. The summed E-state index contributed by atoms with van der Waals surface area (Å²) in [4.78, 5) is 11.4. The van der Waals surface area contributed by atoms with Crippen LogP contribution in [0.1, 0.15) is 24.8 Å². The molecule has 1 aliphatic rings. The molecule has 1 aliphatic heterocycles. The van der Waals surface area contributed by atoms with Crippen LogP contribution in [0.5, 0.6) is 0 Å². The van der Waals surface area contributed by atoms with Crippen LogP contribution < -0.4 is 0 Å². The summed E-state index contributed by atoms with van der Waals surface area (Å²) in [6, 6.07) is 5.71. The van der Waals surface area contributed by atoms with Gasteiger partial charge in [-0.3, -0.25) is 4.79 Å². The van der Waals surface area contributed by atoms with E-state index in [9.17, 15) is 18.3 Å². The van der Waals surface area contributed by atoms with E-state index in [1.165, 1.54) is 6.07 Å². The molecule has 1 atom stereocenters. The van der Waals surface area contributed by atoms with Crippen LogP contribution in [0.3, 0.4) is 0 Å². The van der Waals surface area contributed by atoms with Crippen molar-refractivity contribution in [3.05, 3.63) is 29.8 Å². The number of nitrogens with zero attached hydrogens (tertiary/aromatic N) is 1. The molecular formula is C13H17NO4S. The van der Waals surface area contributed by atoms with Crippen LogP contribution in [-0.4, -0.2) is 36.4 Å². The highest BCUT2D eigenvalue weighted by molar-refractivity contribution is 7.89. The summed E-state index contributed by atoms with van der Waals surface area (Å²) in [6.45, 7) is 1.99. The fraction of sp³-hybridized carbons (Fsp3) is 0.462. The maximum atomic E-state index is 12.6. The van der Waals surface area contributed by atoms with Gasteiger partial charge in [0, 0.05) is 6.54 Å². The van der Waals surface area contributed by atoms with Crippen molar-refractivity contribution in [3.63, 3.8) is 0 Å². The second kappa shape index (κ2) is 5.30. The average Bonchev–Trinajstić information content (AvgIpc) is 2.39. The summed E-state index contributed by atoms with van der Waals surface area (Å²) in [5.74, 6) is -1.07. The molecule has 1 aromatic rings. The van der Waals surface area contributed by atoms with Crippen molar-refractivity contribution in [2.75, 3.05) is 6.54 Å². The molecule has 1 aromatic carbocycles. The van der Waals surface area contributed by atoms with Gasteiger partial charge in [0.15, 0.2) is 0 Å². The van der Waals surface area contributed by atoms with Gasteiger partial charge < -0.3 is 5.11 Å². The fourth-order valence-corrected chi connectivity index (χ4v) is 4.29. The molecule has 1 N–H and O–H groups in total. The minimum Gasteiger partial charge on any atom is -0.480 e. The molecule has 5 nitrogen and oxygen atoms in total. The van der Waals surface area contributed by atoms with Gasteiger partial charge in [-0.25, -0.2) is 8.42 Å². The summed E-state index contributed by atoms with van der Waals surface area (Å²) in [6.07, 6.45) is 1.83. The van der Waals surface area contributed by atoms with E-state index in [1.807, 2.05) is 0 Å². The zero-order valence-electron chi connectivity index (χ0n) is 10.7. The normalized spacial score (nSPS) is 21.2. The minimum absolute atomic E-state index is 0.197. The highest BCUT2D eigenvalue weighted by Crippen LogP contribution is 2.27. The van der Waals surface area contributed by atoms with Crippen LogP contribution in [0.2, 0.25) is 0 Å². The predicted octanol–water partition coefficient (Wildman–Crippen LogP) is 1.62. The van der Waals surface area contributed by atoms with Crippen molar-refractivity contribution in [2.45, 2.75) is 37.1 Å². The van der Waals surface area contributed by atoms with Crippen molar-refractivity contribution < 1.29 is 18.3 Å². The van der Waals surface area contributed by atoms with Crippen LogP contribution in [0, 0.1) is 6.92 Å². The predicted molar refractivity (Wildman–Crippen MR) is 70.3 cm³/mol. The van der Waals surface area contributed by atoms with Gasteiger partial charge >= 0.3 is 5.97 Å². The topological polar surface area (TPSA) is 74.7 Å². The first-order chi connectivity index (χ1) is 8.94. The molecule has 1 saturated heterocycles. The van der Waals surface area contributed by atoms with E-state index in [1.54, 1.807) is 25.1 Å². The van der Waals surface area contributed by atoms with Gasteiger partial charge in [0.25, 0.3) is 0 Å². The van der Waals surface area contributed by atoms with Crippen LogP contribution >= 0.6 is 0 Å². The van der Waals surface area contributed by atoms with Gasteiger partial charge in [0.05, 0.1) is 4.90 Å². The number of aliphatic carboxylic acids is 1. The molecule has 0 saturated carbocycles. The van der Waals surface area contributed by atoms with Crippen LogP contribution in [-0.2, 0) is 14.8 Å². The molecule has 2 rings (SSSR count). The number of benzene rings is 1. The first-order valence-corrected chi connectivity index (χ1v) is 7.69. The van der Waals surface area contributed by atoms with Gasteiger partial charge in [0.1, 0.15) is 6.04 Å². The monoisotopic (exact) mass is 283 g/mol. The summed E-state index contributed by atoms with van der Waals surface area (Å²) in [5.41, 5.74) is 0.636. The number of carboxylic acids is 1. The van der Waals surface area contributed by atoms with E-state index >= 15 is 0 Å². The SMILES string of the molecule is Cc1ccccc1S(=O)(=O)N1CCCC[C@@H]1C(=O)O. The number of hydrogen-bond donors (Lipinski definition) is 1. The third-order valence-corrected chi connectivity index (χ3v) is 5.49. The molecule has 0 aliphatic carbocycles. The van der Waals surface area contributed by atoms with E-state index in [2.05, 4.69) is 0 Å². The Morgan fingerprint density at radius 2 is 2.00 bits per heavy atom. The lowest BCUT2D eigenvalue weighted by molar-refractivity contribution is -0.142. The number of aryl methyl sites for hydroxylation is 1. The maximum Gasteiger partial charge on any atom is 0.322 e. The van der Waals surface area contributed by atoms with Crippen LogP contribution in [0.15, 0.2) is 29.2 Å². The van der Waals surface area contributed by atoms with E-state index in [0.717, 1.165) is 10.7 Å². The Labute approximate surface area is 112 Å². The molecule has 6 heteroatoms. The Morgan fingerprint density at radius 1 is 1.32 bits per heavy atom. The van der Waals surface area contributed by atoms with E-state index < -0.39 is 22.0 Å². The molecule has 1 heterocycles. The van der Waals surface area contributed by atoms with Crippen molar-refractivity contribution >= 4 is 16.0 Å². The van der Waals surface area contributed by atoms with E-state index in [4.69, 9.17) is 0 Å². The second-order valence-corrected chi connectivity index (χ2v) is 6.59. The Kier molecular flexibility index (Phi) is 3.91. The zero-order chi connectivity index (χ0) is 14.0. The molecule has 0 unspecified atom stereocenters. The van der Waals surface area contributed by atoms with Crippen molar-refractivity contribution in [1.29, 1.82) is 0 Å². The zero-order valence-corrected chi connectivity index (χ0v) is 11.6. The standard InChI is InChI=1S/C13H17NO4S/c1-10-6-2-3-8-12(10)19(17,18)14-9-5-4-7-11(14)13(15)16/h2-3,6,8,11H,4-5,7,9H2,1H3,(H,15,16)/t11-/m1/s1. The van der Waals surface area contributed by atoms with Crippen molar-refractivity contribution in [1.82, 2.24) is 4.31 Å². The molecule has 0 bridgehead atoms. The number of sulfonamides is 1. The third-order valence-electron chi connectivity index (χ3n) is 3.42. The van der Waals surface area contributed by atoms with Crippen LogP contribution in [0.4, 0.5) is 0 Å².